The van der Waals surface area contributed by atoms with Crippen LogP contribution in [0.1, 0.15) is 23.4 Å². The van der Waals surface area contributed by atoms with Gasteiger partial charge in [0.15, 0.2) is 18.1 Å². The van der Waals surface area contributed by atoms with Crippen LogP contribution in [0.25, 0.3) is 0 Å². The van der Waals surface area contributed by atoms with Gasteiger partial charge in [-0.1, -0.05) is 48.2 Å². The van der Waals surface area contributed by atoms with Gasteiger partial charge in [0, 0.05) is 5.56 Å². The largest absolute Gasteiger partial charge is 0.490 e. The zero-order valence-electron chi connectivity index (χ0n) is 13.6. The minimum atomic E-state index is -1.03. The molecule has 1 aliphatic heterocycles. The van der Waals surface area contributed by atoms with Crippen molar-refractivity contribution in [2.75, 3.05) is 13.2 Å². The first-order chi connectivity index (χ1) is 12.2. The quantitative estimate of drug-likeness (QED) is 0.791. The Balaban J connectivity index is 1.75. The number of hydrogen-bond donors (Lipinski definition) is 2. The lowest BCUT2D eigenvalue weighted by Gasteiger charge is -2.15. The number of thioether (sulfide) groups is 1. The Hall–Kier alpha value is -2.67. The van der Waals surface area contributed by atoms with Crippen molar-refractivity contribution in [3.8, 4) is 11.5 Å². The van der Waals surface area contributed by atoms with Gasteiger partial charge in [0.25, 0.3) is 0 Å². The lowest BCUT2D eigenvalue weighted by atomic mass is 10.2. The molecule has 0 radical (unpaired) electrons. The normalized spacial score (nSPS) is 16.0. The predicted molar refractivity (Wildman–Crippen MR) is 97.2 cm³/mol. The summed E-state index contributed by atoms with van der Waals surface area (Å²) in [5.74, 6) is -0.0857. The summed E-state index contributed by atoms with van der Waals surface area (Å²) in [6.45, 7) is 1.92. The van der Waals surface area contributed by atoms with Gasteiger partial charge in [-0.05, 0) is 24.6 Å². The van der Waals surface area contributed by atoms with Crippen molar-refractivity contribution < 1.29 is 19.4 Å². The molecule has 0 bridgehead atoms. The van der Waals surface area contributed by atoms with E-state index >= 15 is 0 Å². The first kappa shape index (κ1) is 17.2. The SMILES string of the molecule is CCOc1cc([C@H]2NN=C(c3ccccc3)S2)ccc1OCC(=O)O. The highest BCUT2D eigenvalue weighted by Gasteiger charge is 2.23. The minimum Gasteiger partial charge on any atom is -0.490 e. The predicted octanol–water partition coefficient (Wildman–Crippen LogP) is 3.25. The Labute approximate surface area is 149 Å². The summed E-state index contributed by atoms with van der Waals surface area (Å²) in [5, 5.41) is 14.1. The topological polar surface area (TPSA) is 80.1 Å². The number of aliphatic carboxylic acids is 1. The van der Waals surface area contributed by atoms with Crippen LogP contribution in [0.15, 0.2) is 53.6 Å². The van der Waals surface area contributed by atoms with Crippen LogP contribution in [0.2, 0.25) is 0 Å². The van der Waals surface area contributed by atoms with Crippen LogP contribution in [-0.2, 0) is 4.79 Å². The number of benzene rings is 2. The molecule has 0 saturated heterocycles. The second-order valence-electron chi connectivity index (χ2n) is 5.23. The van der Waals surface area contributed by atoms with E-state index in [1.807, 2.05) is 49.4 Å². The Bertz CT molecular complexity index is 780. The molecule has 0 spiro atoms. The van der Waals surface area contributed by atoms with Crippen molar-refractivity contribution in [1.82, 2.24) is 5.43 Å². The summed E-state index contributed by atoms with van der Waals surface area (Å²) in [6.07, 6.45) is 0. The van der Waals surface area contributed by atoms with E-state index in [9.17, 15) is 4.79 Å². The summed E-state index contributed by atoms with van der Waals surface area (Å²) in [7, 11) is 0. The average Bonchev–Trinajstić information content (AvgIpc) is 3.11. The van der Waals surface area contributed by atoms with Gasteiger partial charge in [-0.2, -0.15) is 5.10 Å². The molecule has 0 saturated carbocycles. The van der Waals surface area contributed by atoms with Crippen molar-refractivity contribution in [2.45, 2.75) is 12.3 Å². The zero-order chi connectivity index (χ0) is 17.6. The number of hydrogen-bond acceptors (Lipinski definition) is 6. The van der Waals surface area contributed by atoms with Crippen molar-refractivity contribution >= 4 is 22.8 Å². The van der Waals surface area contributed by atoms with Crippen molar-refractivity contribution in [3.05, 3.63) is 59.7 Å². The van der Waals surface area contributed by atoms with Crippen LogP contribution in [0, 0.1) is 0 Å². The molecule has 25 heavy (non-hydrogen) atoms. The molecule has 0 unspecified atom stereocenters. The maximum atomic E-state index is 10.7. The average molecular weight is 358 g/mol. The molecule has 1 atom stereocenters. The van der Waals surface area contributed by atoms with E-state index in [1.165, 1.54) is 0 Å². The number of nitrogens with zero attached hydrogens (tertiary/aromatic N) is 1. The lowest BCUT2D eigenvalue weighted by molar-refractivity contribution is -0.139. The fourth-order valence-electron chi connectivity index (χ4n) is 2.35. The highest BCUT2D eigenvalue weighted by Crippen LogP contribution is 2.38. The van der Waals surface area contributed by atoms with Crippen molar-refractivity contribution in [2.24, 2.45) is 5.10 Å². The maximum absolute atomic E-state index is 10.7. The second-order valence-corrected chi connectivity index (χ2v) is 6.33. The standard InChI is InChI=1S/C18H18N2O4S/c1-2-23-15-10-13(8-9-14(15)24-11-16(21)22)18-20-19-17(25-18)12-6-4-3-5-7-12/h3-10,18,20H,2,11H2,1H3,(H,21,22)/t18-/m0/s1. The molecule has 0 aromatic heterocycles. The summed E-state index contributed by atoms with van der Waals surface area (Å²) < 4.78 is 10.9. The monoisotopic (exact) mass is 358 g/mol. The number of carboxylic acids is 1. The molecule has 3 rings (SSSR count). The van der Waals surface area contributed by atoms with E-state index in [0.717, 1.165) is 16.2 Å². The van der Waals surface area contributed by atoms with Gasteiger partial charge in [-0.15, -0.1) is 0 Å². The highest BCUT2D eigenvalue weighted by molar-refractivity contribution is 8.14. The maximum Gasteiger partial charge on any atom is 0.341 e. The van der Waals surface area contributed by atoms with Crippen molar-refractivity contribution in [3.63, 3.8) is 0 Å². The van der Waals surface area contributed by atoms with Crippen LogP contribution in [-0.4, -0.2) is 29.3 Å². The van der Waals surface area contributed by atoms with Crippen LogP contribution >= 0.6 is 11.8 Å². The molecule has 0 aliphatic carbocycles. The second kappa shape index (κ2) is 7.94. The summed E-state index contributed by atoms with van der Waals surface area (Å²) in [4.78, 5) is 10.7. The Morgan fingerprint density at radius 3 is 2.72 bits per heavy atom. The van der Waals surface area contributed by atoms with Gasteiger partial charge in [0.1, 0.15) is 10.4 Å². The summed E-state index contributed by atoms with van der Waals surface area (Å²) in [5.41, 5.74) is 5.16. The van der Waals surface area contributed by atoms with E-state index < -0.39 is 12.6 Å². The molecule has 0 fully saturated rings. The van der Waals surface area contributed by atoms with Gasteiger partial charge in [-0.25, -0.2) is 4.79 Å². The van der Waals surface area contributed by atoms with E-state index in [-0.39, 0.29) is 5.37 Å². The summed E-state index contributed by atoms with van der Waals surface area (Å²) >= 11 is 1.62. The third kappa shape index (κ3) is 4.24. The number of nitrogens with one attached hydrogen (secondary N) is 1. The van der Waals surface area contributed by atoms with Gasteiger partial charge in [0.2, 0.25) is 0 Å². The molecule has 2 N–H and O–H groups in total. The zero-order valence-corrected chi connectivity index (χ0v) is 14.5. The third-order valence-electron chi connectivity index (χ3n) is 3.46. The third-order valence-corrected chi connectivity index (χ3v) is 4.62. The lowest BCUT2D eigenvalue weighted by Crippen LogP contribution is -2.11. The highest BCUT2D eigenvalue weighted by atomic mass is 32.2. The molecular weight excluding hydrogens is 340 g/mol. The van der Waals surface area contributed by atoms with Crippen LogP contribution in [0.3, 0.4) is 0 Å². The smallest absolute Gasteiger partial charge is 0.341 e. The molecule has 1 heterocycles. The minimum absolute atomic E-state index is 0.0389. The van der Waals surface area contributed by atoms with E-state index in [4.69, 9.17) is 14.6 Å². The van der Waals surface area contributed by atoms with E-state index in [2.05, 4.69) is 10.5 Å². The number of rotatable bonds is 7. The fraction of sp³-hybridized carbons (Fsp3) is 0.222. The molecular formula is C18H18N2O4S. The number of carboxylic acid groups (broad SMARTS) is 1. The molecule has 2 aromatic carbocycles. The molecule has 130 valence electrons. The van der Waals surface area contributed by atoms with Crippen LogP contribution in [0.5, 0.6) is 11.5 Å². The molecule has 2 aromatic rings. The molecule has 0 amide bonds. The van der Waals surface area contributed by atoms with Gasteiger partial charge < -0.3 is 14.6 Å². The number of carbonyl (C=O) groups is 1. The fourth-order valence-corrected chi connectivity index (χ4v) is 3.34. The van der Waals surface area contributed by atoms with E-state index in [1.54, 1.807) is 17.8 Å². The Kier molecular flexibility index (Phi) is 5.45. The molecule has 6 nitrogen and oxygen atoms in total. The molecule has 7 heteroatoms. The van der Waals surface area contributed by atoms with Gasteiger partial charge in [0.05, 0.1) is 6.61 Å². The van der Waals surface area contributed by atoms with Gasteiger partial charge in [-0.3, -0.25) is 5.43 Å². The van der Waals surface area contributed by atoms with E-state index in [0.29, 0.717) is 18.1 Å². The Morgan fingerprint density at radius 1 is 1.20 bits per heavy atom. The van der Waals surface area contributed by atoms with Crippen LogP contribution in [0.4, 0.5) is 0 Å². The Morgan fingerprint density at radius 2 is 2.00 bits per heavy atom. The van der Waals surface area contributed by atoms with Crippen molar-refractivity contribution in [1.29, 1.82) is 0 Å². The number of hydrazone groups is 1. The number of ether oxygens (including phenoxy) is 2. The van der Waals surface area contributed by atoms with Crippen LogP contribution < -0.4 is 14.9 Å². The molecule has 1 aliphatic rings. The first-order valence-electron chi connectivity index (χ1n) is 7.84. The van der Waals surface area contributed by atoms with Gasteiger partial charge >= 0.3 is 5.97 Å². The first-order valence-corrected chi connectivity index (χ1v) is 8.72. The summed E-state index contributed by atoms with van der Waals surface area (Å²) in [6, 6.07) is 15.4.